The number of carbonyl (C=O) groups excluding carboxylic acids is 3. The van der Waals surface area contributed by atoms with Crippen molar-refractivity contribution in [3.8, 4) is 34.8 Å². The number of rotatable bonds is 7. The van der Waals surface area contributed by atoms with Gasteiger partial charge in [0.1, 0.15) is 29.1 Å². The molecule has 6 aromatic carbocycles. The molecule has 320 valence electrons. The number of hydrogen-bond acceptors (Lipinski definition) is 9. The van der Waals surface area contributed by atoms with E-state index in [0.29, 0.717) is 52.6 Å². The monoisotopic (exact) mass is 851 g/mol. The number of ether oxygens (including phenoxy) is 4. The van der Waals surface area contributed by atoms with Gasteiger partial charge in [0, 0.05) is 29.9 Å². The molecule has 64 heavy (non-hydrogen) atoms. The Balaban J connectivity index is 1.21. The number of benzene rings is 6. The number of nitrogens with zero attached hydrogens (tertiary/aromatic N) is 2. The lowest BCUT2D eigenvalue weighted by Crippen LogP contribution is -2.56. The third-order valence-electron chi connectivity index (χ3n) is 13.3. The molecular formula is C53H45N3O8. The molecule has 0 aromatic heterocycles. The number of fused-ring (bicyclic) bond motifs is 4. The molecule has 2 saturated heterocycles. The topological polar surface area (TPSA) is 127 Å². The van der Waals surface area contributed by atoms with Crippen LogP contribution in [0.15, 0.2) is 140 Å². The maximum absolute atomic E-state index is 16.1. The van der Waals surface area contributed by atoms with Crippen LogP contribution in [0, 0.1) is 17.8 Å². The number of amides is 2. The highest BCUT2D eigenvalue weighted by Gasteiger charge is 2.74. The van der Waals surface area contributed by atoms with Crippen molar-refractivity contribution in [3.05, 3.63) is 184 Å². The standard InChI is InChI=1S/C53H45N3O8/c1-61-40-23-16-32(17-24-40)14-15-33-18-25-42-41(28-33)53(52(60)54-42)45(50(58)55-27-26-37-29-43(62-2)44(63-3)30-38(37)31-55)47-51(59)64-48(35-12-8-5-9-13-35)46(34-10-6-4-7-11-34)56(47)49(53)36-19-21-39(57)22-20-36/h4-13,16-25,28-30,45-49,57H,26-27,31H2,1-3H3,(H,54,60)/t45-,46-,47-,48+,49+,53-/m0/s1. The predicted octanol–water partition coefficient (Wildman–Crippen LogP) is 7.67. The summed E-state index contributed by atoms with van der Waals surface area (Å²) in [6.07, 6.45) is -0.300. The summed E-state index contributed by atoms with van der Waals surface area (Å²) in [4.78, 5) is 50.8. The van der Waals surface area contributed by atoms with E-state index in [9.17, 15) is 5.11 Å². The SMILES string of the molecule is COc1ccc(C#Cc2ccc3c(c2)[C@]2(C(=O)N3)[C@H](C(=O)N3CCc4cc(OC)c(OC)cc4C3)[C@H]3C(=O)O[C@H](c4ccccc4)[C@H](c4ccccc4)N3[C@@H]2c2ccc(O)cc2)cc1. The molecule has 2 fully saturated rings. The Morgan fingerprint density at radius 3 is 2.03 bits per heavy atom. The second kappa shape index (κ2) is 16.3. The van der Waals surface area contributed by atoms with Gasteiger partial charge in [0.05, 0.1) is 39.3 Å². The minimum atomic E-state index is -1.71. The van der Waals surface area contributed by atoms with E-state index in [-0.39, 0.29) is 18.2 Å². The molecule has 11 nitrogen and oxygen atoms in total. The number of methoxy groups -OCH3 is 3. The van der Waals surface area contributed by atoms with Gasteiger partial charge in [-0.15, -0.1) is 0 Å². The highest BCUT2D eigenvalue weighted by molar-refractivity contribution is 6.12. The van der Waals surface area contributed by atoms with Crippen LogP contribution < -0.4 is 19.5 Å². The van der Waals surface area contributed by atoms with Gasteiger partial charge in [0.15, 0.2) is 11.5 Å². The fraction of sp³-hybridized carbons (Fsp3) is 0.226. The lowest BCUT2D eigenvalue weighted by Gasteiger charge is -2.46. The van der Waals surface area contributed by atoms with Gasteiger partial charge in [-0.25, -0.2) is 0 Å². The molecule has 10 rings (SSSR count). The number of morpholine rings is 1. The van der Waals surface area contributed by atoms with E-state index >= 15 is 14.4 Å². The predicted molar refractivity (Wildman–Crippen MR) is 239 cm³/mol. The van der Waals surface area contributed by atoms with E-state index in [4.69, 9.17) is 18.9 Å². The van der Waals surface area contributed by atoms with Crippen LogP contribution >= 0.6 is 0 Å². The molecule has 4 aliphatic heterocycles. The van der Waals surface area contributed by atoms with E-state index in [0.717, 1.165) is 27.8 Å². The molecule has 0 radical (unpaired) electrons. The minimum absolute atomic E-state index is 0.0335. The van der Waals surface area contributed by atoms with Crippen LogP contribution in [-0.2, 0) is 37.5 Å². The first-order valence-electron chi connectivity index (χ1n) is 21.2. The highest BCUT2D eigenvalue weighted by Crippen LogP contribution is 2.65. The molecule has 1 spiro atoms. The van der Waals surface area contributed by atoms with Gasteiger partial charge in [0.2, 0.25) is 11.8 Å². The zero-order valence-electron chi connectivity index (χ0n) is 35.5. The van der Waals surface area contributed by atoms with Crippen LogP contribution in [0.4, 0.5) is 5.69 Å². The molecule has 0 bridgehead atoms. The highest BCUT2D eigenvalue weighted by atomic mass is 16.6. The van der Waals surface area contributed by atoms with Crippen LogP contribution in [-0.4, -0.2) is 66.6 Å². The van der Waals surface area contributed by atoms with Crippen LogP contribution in [0.1, 0.15) is 62.7 Å². The van der Waals surface area contributed by atoms with E-state index < -0.39 is 47.4 Å². The van der Waals surface area contributed by atoms with Crippen LogP contribution in [0.3, 0.4) is 0 Å². The minimum Gasteiger partial charge on any atom is -0.508 e. The van der Waals surface area contributed by atoms with Crippen molar-refractivity contribution >= 4 is 23.5 Å². The Hall–Kier alpha value is -7.55. The van der Waals surface area contributed by atoms with Crippen molar-refractivity contribution in [2.24, 2.45) is 5.92 Å². The first-order valence-corrected chi connectivity index (χ1v) is 21.2. The lowest BCUT2D eigenvalue weighted by atomic mass is 9.65. The quantitative estimate of drug-likeness (QED) is 0.123. The second-order valence-corrected chi connectivity index (χ2v) is 16.5. The van der Waals surface area contributed by atoms with Gasteiger partial charge in [-0.1, -0.05) is 84.6 Å². The summed E-state index contributed by atoms with van der Waals surface area (Å²) in [7, 11) is 4.77. The number of nitrogens with one attached hydrogen (secondary N) is 1. The van der Waals surface area contributed by atoms with E-state index in [1.54, 1.807) is 50.5 Å². The average molecular weight is 852 g/mol. The smallest absolute Gasteiger partial charge is 0.324 e. The zero-order chi connectivity index (χ0) is 44.1. The average Bonchev–Trinajstić information content (AvgIpc) is 3.81. The van der Waals surface area contributed by atoms with Gasteiger partial charge in [0.25, 0.3) is 0 Å². The molecular weight excluding hydrogens is 807 g/mol. The summed E-state index contributed by atoms with van der Waals surface area (Å²) < 4.78 is 23.2. The fourth-order valence-electron chi connectivity index (χ4n) is 10.4. The van der Waals surface area contributed by atoms with Crippen molar-refractivity contribution in [1.82, 2.24) is 9.80 Å². The first kappa shape index (κ1) is 40.5. The van der Waals surface area contributed by atoms with Crippen molar-refractivity contribution in [1.29, 1.82) is 0 Å². The Kier molecular flexibility index (Phi) is 10.3. The van der Waals surface area contributed by atoms with E-state index in [1.165, 1.54) is 0 Å². The summed E-state index contributed by atoms with van der Waals surface area (Å²) in [5.74, 6) is 5.74. The largest absolute Gasteiger partial charge is 0.508 e. The molecule has 6 aromatic rings. The summed E-state index contributed by atoms with van der Waals surface area (Å²) in [5, 5.41) is 13.9. The number of aromatic hydroxyl groups is 1. The van der Waals surface area contributed by atoms with Gasteiger partial charge in [-0.2, -0.15) is 0 Å². The maximum Gasteiger partial charge on any atom is 0.324 e. The van der Waals surface area contributed by atoms with Gasteiger partial charge < -0.3 is 34.3 Å². The van der Waals surface area contributed by atoms with E-state index in [1.807, 2.05) is 115 Å². The Morgan fingerprint density at radius 1 is 0.719 bits per heavy atom. The molecule has 6 atom stereocenters. The Bertz CT molecular complexity index is 2840. The summed E-state index contributed by atoms with van der Waals surface area (Å²) >= 11 is 0. The van der Waals surface area contributed by atoms with E-state index in [2.05, 4.69) is 22.1 Å². The Labute approximate surface area is 371 Å². The number of phenols is 1. The number of esters is 1. The maximum atomic E-state index is 16.1. The number of anilines is 1. The normalized spacial score (nSPS) is 23.2. The van der Waals surface area contributed by atoms with Crippen molar-refractivity contribution in [2.75, 3.05) is 33.2 Å². The van der Waals surface area contributed by atoms with Crippen molar-refractivity contribution in [3.63, 3.8) is 0 Å². The van der Waals surface area contributed by atoms with Crippen LogP contribution in [0.25, 0.3) is 0 Å². The summed E-state index contributed by atoms with van der Waals surface area (Å²) in [6, 6.07) is 40.1. The number of hydrogen-bond donors (Lipinski definition) is 2. The molecule has 2 N–H and O–H groups in total. The first-order chi connectivity index (χ1) is 31.2. The molecule has 0 unspecified atom stereocenters. The Morgan fingerprint density at radius 2 is 1.36 bits per heavy atom. The molecule has 2 amide bonds. The molecule has 11 heteroatoms. The number of carbonyl (C=O) groups is 3. The summed E-state index contributed by atoms with van der Waals surface area (Å²) in [6.45, 7) is 0.541. The summed E-state index contributed by atoms with van der Waals surface area (Å²) in [5.41, 5.74) is 4.87. The third kappa shape index (κ3) is 6.61. The second-order valence-electron chi connectivity index (χ2n) is 16.5. The van der Waals surface area contributed by atoms with Crippen LogP contribution in [0.2, 0.25) is 0 Å². The van der Waals surface area contributed by atoms with Gasteiger partial charge in [-0.3, -0.25) is 19.3 Å². The molecule has 0 aliphatic carbocycles. The molecule has 0 saturated carbocycles. The third-order valence-corrected chi connectivity index (χ3v) is 13.3. The van der Waals surface area contributed by atoms with Crippen LogP contribution in [0.5, 0.6) is 23.0 Å². The fourth-order valence-corrected chi connectivity index (χ4v) is 10.4. The van der Waals surface area contributed by atoms with Gasteiger partial charge >= 0.3 is 5.97 Å². The lowest BCUT2D eigenvalue weighted by molar-refractivity contribution is -0.179. The molecule has 4 heterocycles. The number of phenolic OH excluding ortho intramolecular Hbond substituents is 1. The zero-order valence-corrected chi connectivity index (χ0v) is 35.5. The molecule has 4 aliphatic rings. The van der Waals surface area contributed by atoms with Crippen molar-refractivity contribution < 1.29 is 38.4 Å². The number of cyclic esters (lactones) is 1. The van der Waals surface area contributed by atoms with Crippen molar-refractivity contribution in [2.45, 2.75) is 42.6 Å². The van der Waals surface area contributed by atoms with Gasteiger partial charge in [-0.05, 0) is 107 Å².